The zero-order chi connectivity index (χ0) is 37.3. The molecule has 284 valence electrons. The molecule has 12 nitrogen and oxygen atoms in total. The number of allylic oxidation sites excluding steroid dienone is 1. The molecule has 3 saturated heterocycles. The lowest BCUT2D eigenvalue weighted by Gasteiger charge is -2.40. The number of amides is 4. The van der Waals surface area contributed by atoms with Crippen LogP contribution in [0.3, 0.4) is 0 Å². The number of alkyl carbamates (subject to hydrolysis) is 1. The summed E-state index contributed by atoms with van der Waals surface area (Å²) < 4.78 is 23.3. The molecule has 7 atom stereocenters. The Labute approximate surface area is 314 Å². The highest BCUT2D eigenvalue weighted by Gasteiger charge is 2.71. The molecule has 1 spiro atoms. The number of likely N-dealkylation sites (tertiary alicyclic amines) is 1. The van der Waals surface area contributed by atoms with Gasteiger partial charge in [-0.2, -0.15) is 11.8 Å². The fourth-order valence-electron chi connectivity index (χ4n) is 8.60. The van der Waals surface area contributed by atoms with Crippen molar-refractivity contribution < 1.29 is 43.2 Å². The van der Waals surface area contributed by atoms with Crippen LogP contribution >= 0.6 is 11.8 Å². The first-order valence-corrected chi connectivity index (χ1v) is 19.8. The summed E-state index contributed by atoms with van der Waals surface area (Å²) in [5.74, 6) is -0.819. The third kappa shape index (κ3) is 7.85. The maximum absolute atomic E-state index is 13.2. The molecule has 0 bridgehead atoms. The van der Waals surface area contributed by atoms with Crippen LogP contribution in [0.1, 0.15) is 69.9 Å². The van der Waals surface area contributed by atoms with E-state index in [1.165, 1.54) is 22.2 Å². The lowest BCUT2D eigenvalue weighted by molar-refractivity contribution is -0.125. The first kappa shape index (κ1) is 37.4. The van der Waals surface area contributed by atoms with Crippen molar-refractivity contribution in [2.75, 3.05) is 37.8 Å². The molecule has 2 aromatic rings. The van der Waals surface area contributed by atoms with Crippen molar-refractivity contribution in [1.82, 2.24) is 15.5 Å². The Morgan fingerprint density at radius 2 is 1.75 bits per heavy atom. The number of imide groups is 1. The van der Waals surface area contributed by atoms with Gasteiger partial charge in [0, 0.05) is 24.8 Å². The van der Waals surface area contributed by atoms with Gasteiger partial charge in [0.2, 0.25) is 11.8 Å². The van der Waals surface area contributed by atoms with Gasteiger partial charge in [-0.15, -0.1) is 0 Å². The van der Waals surface area contributed by atoms with Crippen molar-refractivity contribution in [3.05, 3.63) is 71.3 Å². The van der Waals surface area contributed by atoms with Gasteiger partial charge in [-0.25, -0.2) is 9.59 Å². The van der Waals surface area contributed by atoms with Crippen LogP contribution in [-0.4, -0.2) is 107 Å². The summed E-state index contributed by atoms with van der Waals surface area (Å²) in [6, 6.07) is 15.7. The van der Waals surface area contributed by atoms with Gasteiger partial charge >= 0.3 is 12.2 Å². The summed E-state index contributed by atoms with van der Waals surface area (Å²) in [5.41, 5.74) is 4.69. The normalized spacial score (nSPS) is 29.5. The largest absolute Gasteiger partial charge is 0.448 e. The number of benzene rings is 2. The second kappa shape index (κ2) is 15.4. The quantitative estimate of drug-likeness (QED) is 0.155. The highest BCUT2D eigenvalue weighted by molar-refractivity contribution is 7.99. The van der Waals surface area contributed by atoms with Crippen molar-refractivity contribution in [2.45, 2.75) is 94.3 Å². The Kier molecular flexibility index (Phi) is 10.9. The summed E-state index contributed by atoms with van der Waals surface area (Å²) in [6.45, 7) is 7.49. The fourth-order valence-corrected chi connectivity index (χ4v) is 9.25. The van der Waals surface area contributed by atoms with Crippen LogP contribution in [0, 0.1) is 5.92 Å². The van der Waals surface area contributed by atoms with E-state index in [0.29, 0.717) is 44.6 Å². The molecule has 4 amide bonds. The molecule has 2 unspecified atom stereocenters. The van der Waals surface area contributed by atoms with Crippen LogP contribution in [0.4, 0.5) is 9.59 Å². The predicted octanol–water partition coefficient (Wildman–Crippen LogP) is 4.92. The number of ether oxygens (including phenoxy) is 4. The van der Waals surface area contributed by atoms with Crippen LogP contribution in [0.2, 0.25) is 0 Å². The number of nitrogens with zero attached hydrogens (tertiary/aromatic N) is 1. The molecule has 2 aromatic carbocycles. The molecule has 7 rings (SSSR count). The van der Waals surface area contributed by atoms with Crippen molar-refractivity contribution >= 4 is 35.8 Å². The number of carbonyl (C=O) groups is 4. The SMILES string of the molecule is CC(C)=CC[C@H]1OC1(C)[C@H]1[C@H](O)[C@H](OC(=O)NC(=O)CSCCNC(=O)C2CCCN2C(=O)OCC2c3ccccc3-c3ccccc32)CC[C@]12CO2. The average molecular weight is 748 g/mol. The minimum absolute atomic E-state index is 0.0228. The maximum Gasteiger partial charge on any atom is 0.414 e. The van der Waals surface area contributed by atoms with Crippen molar-refractivity contribution in [3.63, 3.8) is 0 Å². The molecule has 0 aromatic heterocycles. The van der Waals surface area contributed by atoms with E-state index in [0.717, 1.165) is 28.7 Å². The molecule has 13 heteroatoms. The smallest absolute Gasteiger partial charge is 0.414 e. The van der Waals surface area contributed by atoms with Gasteiger partial charge in [0.15, 0.2) is 0 Å². The first-order chi connectivity index (χ1) is 25.5. The number of fused-ring (bicyclic) bond motifs is 3. The minimum atomic E-state index is -0.994. The zero-order valence-electron chi connectivity index (χ0n) is 30.5. The van der Waals surface area contributed by atoms with Gasteiger partial charge in [-0.3, -0.25) is 19.8 Å². The Morgan fingerprint density at radius 3 is 2.43 bits per heavy atom. The van der Waals surface area contributed by atoms with Crippen LogP contribution in [0.5, 0.6) is 0 Å². The third-order valence-corrected chi connectivity index (χ3v) is 12.4. The van der Waals surface area contributed by atoms with Crippen LogP contribution < -0.4 is 10.6 Å². The summed E-state index contributed by atoms with van der Waals surface area (Å²) in [4.78, 5) is 52.9. The molecule has 53 heavy (non-hydrogen) atoms. The third-order valence-electron chi connectivity index (χ3n) is 11.4. The van der Waals surface area contributed by atoms with E-state index in [-0.39, 0.29) is 42.8 Å². The predicted molar refractivity (Wildman–Crippen MR) is 198 cm³/mol. The molecule has 3 N–H and O–H groups in total. The number of hydrogen-bond donors (Lipinski definition) is 3. The molecule has 3 aliphatic heterocycles. The zero-order valence-corrected chi connectivity index (χ0v) is 31.3. The van der Waals surface area contributed by atoms with Gasteiger partial charge in [0.25, 0.3) is 0 Å². The lowest BCUT2D eigenvalue weighted by atomic mass is 9.68. The lowest BCUT2D eigenvalue weighted by Crippen LogP contribution is -2.55. The second-order valence-corrected chi connectivity index (χ2v) is 16.3. The molecule has 3 heterocycles. The topological polar surface area (TPSA) is 159 Å². The number of hydrogen-bond acceptors (Lipinski definition) is 10. The molecule has 0 radical (unpaired) electrons. The van der Waals surface area contributed by atoms with E-state index < -0.39 is 47.5 Å². The van der Waals surface area contributed by atoms with Crippen molar-refractivity contribution in [3.8, 4) is 11.1 Å². The van der Waals surface area contributed by atoms with E-state index in [1.807, 2.05) is 45.0 Å². The van der Waals surface area contributed by atoms with Gasteiger partial charge in [-0.1, -0.05) is 60.2 Å². The molecule has 5 aliphatic rings. The standard InChI is InChI=1S/C40H49N3O9S/c1-24(2)14-15-32-39(3,52-32)35-34(45)31(16-17-40(35)23-50-40)51-37(47)42-33(44)22-53-20-18-41-36(46)30-13-8-19-43(30)38(48)49-21-29-27-11-6-4-9-25(27)26-10-5-7-12-28(26)29/h4-7,9-12,14,29-32,34-35,45H,8,13,15-23H2,1-3H3,(H,41,46)(H,42,44,47)/t30?,31-,32-,34-,35-,39?,40+/m1/s1. The number of thioether (sulfide) groups is 1. The number of carbonyl (C=O) groups excluding carboxylic acids is 4. The Bertz CT molecular complexity index is 1710. The van der Waals surface area contributed by atoms with Gasteiger partial charge in [0.05, 0.1) is 30.5 Å². The molecule has 2 aliphatic carbocycles. The highest BCUT2D eigenvalue weighted by atomic mass is 32.2. The number of rotatable bonds is 12. The number of aliphatic hydroxyl groups is 1. The van der Waals surface area contributed by atoms with Crippen LogP contribution in [0.15, 0.2) is 60.2 Å². The molecular formula is C40H49N3O9S. The van der Waals surface area contributed by atoms with Gasteiger partial charge < -0.3 is 29.4 Å². The van der Waals surface area contributed by atoms with Gasteiger partial charge in [-0.05, 0) is 75.1 Å². The molecular weight excluding hydrogens is 699 g/mol. The molecule has 4 fully saturated rings. The Balaban J connectivity index is 0.809. The number of aliphatic hydroxyl groups excluding tert-OH is 1. The van der Waals surface area contributed by atoms with Crippen molar-refractivity contribution in [1.29, 1.82) is 0 Å². The number of nitrogens with one attached hydrogen (secondary N) is 2. The minimum Gasteiger partial charge on any atom is -0.448 e. The maximum atomic E-state index is 13.2. The van der Waals surface area contributed by atoms with E-state index in [2.05, 4.69) is 41.0 Å². The van der Waals surface area contributed by atoms with Crippen LogP contribution in [-0.2, 0) is 28.5 Å². The monoisotopic (exact) mass is 747 g/mol. The second-order valence-electron chi connectivity index (χ2n) is 15.2. The number of epoxide rings is 2. The highest BCUT2D eigenvalue weighted by Crippen LogP contribution is 2.59. The summed E-state index contributed by atoms with van der Waals surface area (Å²) in [5, 5.41) is 16.5. The summed E-state index contributed by atoms with van der Waals surface area (Å²) in [7, 11) is 0. The van der Waals surface area contributed by atoms with E-state index in [1.54, 1.807) is 0 Å². The van der Waals surface area contributed by atoms with E-state index in [4.69, 9.17) is 18.9 Å². The molecule has 1 saturated carbocycles. The fraction of sp³-hybridized carbons (Fsp3) is 0.550. The van der Waals surface area contributed by atoms with Crippen molar-refractivity contribution in [2.24, 2.45) is 5.92 Å². The first-order valence-electron chi connectivity index (χ1n) is 18.6. The van der Waals surface area contributed by atoms with Gasteiger partial charge in [0.1, 0.15) is 30.0 Å². The Hall–Kier alpha value is -3.91. The average Bonchev–Trinajstić information content (AvgIpc) is 3.92. The van der Waals surface area contributed by atoms with E-state index >= 15 is 0 Å². The Morgan fingerprint density at radius 1 is 1.06 bits per heavy atom. The van der Waals surface area contributed by atoms with E-state index in [9.17, 15) is 24.3 Å². The summed E-state index contributed by atoms with van der Waals surface area (Å²) >= 11 is 1.25. The summed E-state index contributed by atoms with van der Waals surface area (Å²) in [6.07, 6.45) is 1.89. The van der Waals surface area contributed by atoms with Crippen LogP contribution in [0.25, 0.3) is 11.1 Å².